The number of aryl methyl sites for hydroxylation is 1. The fraction of sp³-hybridized carbons (Fsp3) is 0.222. The molecule has 7 heteroatoms. The van der Waals surface area contributed by atoms with Crippen LogP contribution in [0, 0.1) is 18.6 Å². The molecule has 0 radical (unpaired) electrons. The highest BCUT2D eigenvalue weighted by Crippen LogP contribution is 2.17. The van der Waals surface area contributed by atoms with Crippen LogP contribution in [0.25, 0.3) is 0 Å². The summed E-state index contributed by atoms with van der Waals surface area (Å²) in [5.74, 6) is -1.48. The molecule has 0 saturated heterocycles. The minimum absolute atomic E-state index is 0.107. The zero-order valence-electron chi connectivity index (χ0n) is 13.5. The normalized spacial score (nSPS) is 10.4. The fourth-order valence-electron chi connectivity index (χ4n) is 2.11. The first-order valence-electron chi connectivity index (χ1n) is 7.62. The minimum atomic E-state index is -0.439. The van der Waals surface area contributed by atoms with Crippen molar-refractivity contribution in [3.63, 3.8) is 0 Å². The summed E-state index contributed by atoms with van der Waals surface area (Å²) in [6.45, 7) is 2.07. The Hall–Kier alpha value is -2.28. The van der Waals surface area contributed by atoms with Gasteiger partial charge in [0.2, 0.25) is 5.91 Å². The maximum atomic E-state index is 13.4. The lowest BCUT2D eigenvalue weighted by Crippen LogP contribution is -2.35. The Bertz CT molecular complexity index is 797. The van der Waals surface area contributed by atoms with Crippen LogP contribution in [0.15, 0.2) is 40.9 Å². The molecular formula is C18H17BrF2N2O2. The summed E-state index contributed by atoms with van der Waals surface area (Å²) in [6, 6.07) is 8.62. The second-order valence-electron chi connectivity index (χ2n) is 5.50. The van der Waals surface area contributed by atoms with Crippen LogP contribution < -0.4 is 10.6 Å². The number of hydrogen-bond donors (Lipinski definition) is 2. The van der Waals surface area contributed by atoms with E-state index in [1.165, 1.54) is 24.3 Å². The van der Waals surface area contributed by atoms with Gasteiger partial charge in [0.1, 0.15) is 11.6 Å². The molecule has 0 fully saturated rings. The summed E-state index contributed by atoms with van der Waals surface area (Å²) < 4.78 is 26.9. The van der Waals surface area contributed by atoms with Gasteiger partial charge in [-0.15, -0.1) is 0 Å². The highest BCUT2D eigenvalue weighted by atomic mass is 79.9. The smallest absolute Gasteiger partial charge is 0.251 e. The van der Waals surface area contributed by atoms with Gasteiger partial charge in [-0.3, -0.25) is 9.59 Å². The summed E-state index contributed by atoms with van der Waals surface area (Å²) in [7, 11) is 0. The molecule has 2 aromatic carbocycles. The summed E-state index contributed by atoms with van der Waals surface area (Å²) in [6.07, 6.45) is 0.107. The van der Waals surface area contributed by atoms with Gasteiger partial charge in [-0.25, -0.2) is 8.78 Å². The number of rotatable bonds is 6. The maximum absolute atomic E-state index is 13.4. The van der Waals surface area contributed by atoms with Gasteiger partial charge in [-0.2, -0.15) is 0 Å². The van der Waals surface area contributed by atoms with E-state index in [4.69, 9.17) is 0 Å². The van der Waals surface area contributed by atoms with Crippen molar-refractivity contribution in [1.82, 2.24) is 10.6 Å². The van der Waals surface area contributed by atoms with Crippen molar-refractivity contribution in [2.24, 2.45) is 0 Å². The number of benzene rings is 2. The molecule has 2 amide bonds. The zero-order valence-corrected chi connectivity index (χ0v) is 15.1. The Morgan fingerprint density at radius 1 is 1.00 bits per heavy atom. The van der Waals surface area contributed by atoms with E-state index >= 15 is 0 Å². The van der Waals surface area contributed by atoms with E-state index < -0.39 is 11.7 Å². The van der Waals surface area contributed by atoms with E-state index in [-0.39, 0.29) is 36.8 Å². The molecule has 0 unspecified atom stereocenters. The second kappa shape index (κ2) is 8.71. The molecule has 2 N–H and O–H groups in total. The molecule has 2 aromatic rings. The Morgan fingerprint density at radius 2 is 1.72 bits per heavy atom. The van der Waals surface area contributed by atoms with E-state index in [2.05, 4.69) is 26.6 Å². The molecule has 0 atom stereocenters. The van der Waals surface area contributed by atoms with Crippen LogP contribution in [-0.2, 0) is 11.2 Å². The van der Waals surface area contributed by atoms with Crippen molar-refractivity contribution < 1.29 is 18.4 Å². The SMILES string of the molecule is Cc1ccc(C(=O)NCCNC(=O)Cc2ccc(F)c(Br)c2)cc1F. The van der Waals surface area contributed by atoms with Crippen molar-refractivity contribution in [3.8, 4) is 0 Å². The monoisotopic (exact) mass is 410 g/mol. The molecule has 132 valence electrons. The van der Waals surface area contributed by atoms with Crippen molar-refractivity contribution in [3.05, 3.63) is 69.2 Å². The number of amides is 2. The number of halogens is 3. The number of carbonyl (C=O) groups excluding carboxylic acids is 2. The minimum Gasteiger partial charge on any atom is -0.354 e. The van der Waals surface area contributed by atoms with E-state index in [1.807, 2.05) is 0 Å². The first-order valence-corrected chi connectivity index (χ1v) is 8.41. The van der Waals surface area contributed by atoms with Crippen molar-refractivity contribution in [2.75, 3.05) is 13.1 Å². The Morgan fingerprint density at radius 3 is 2.40 bits per heavy atom. The second-order valence-corrected chi connectivity index (χ2v) is 6.35. The predicted molar refractivity (Wildman–Crippen MR) is 94.3 cm³/mol. The van der Waals surface area contributed by atoms with Crippen LogP contribution in [-0.4, -0.2) is 24.9 Å². The lowest BCUT2D eigenvalue weighted by Gasteiger charge is -2.08. The van der Waals surface area contributed by atoms with Gasteiger partial charge in [0.05, 0.1) is 10.9 Å². The first kappa shape index (κ1) is 19.1. The lowest BCUT2D eigenvalue weighted by atomic mass is 10.1. The lowest BCUT2D eigenvalue weighted by molar-refractivity contribution is -0.120. The summed E-state index contributed by atoms with van der Waals surface area (Å²) in [4.78, 5) is 23.7. The van der Waals surface area contributed by atoms with Gasteiger partial charge in [0.25, 0.3) is 5.91 Å². The average molecular weight is 411 g/mol. The molecule has 0 saturated carbocycles. The third kappa shape index (κ3) is 5.63. The van der Waals surface area contributed by atoms with Crippen molar-refractivity contribution in [2.45, 2.75) is 13.3 Å². The number of hydrogen-bond acceptors (Lipinski definition) is 2. The van der Waals surface area contributed by atoms with Gasteiger partial charge >= 0.3 is 0 Å². The highest BCUT2D eigenvalue weighted by Gasteiger charge is 2.09. The summed E-state index contributed by atoms with van der Waals surface area (Å²) in [5.41, 5.74) is 1.37. The van der Waals surface area contributed by atoms with Gasteiger partial charge in [0, 0.05) is 18.7 Å². The van der Waals surface area contributed by atoms with Gasteiger partial charge < -0.3 is 10.6 Å². The fourth-order valence-corrected chi connectivity index (χ4v) is 2.54. The van der Waals surface area contributed by atoms with Crippen molar-refractivity contribution in [1.29, 1.82) is 0 Å². The summed E-state index contributed by atoms with van der Waals surface area (Å²) in [5, 5.41) is 5.26. The number of carbonyl (C=O) groups is 2. The quantitative estimate of drug-likeness (QED) is 0.718. The standard InChI is InChI=1S/C18H17BrF2N2O2/c1-11-2-4-13(10-16(11)21)18(25)23-7-6-22-17(24)9-12-3-5-15(20)14(19)8-12/h2-5,8,10H,6-7,9H2,1H3,(H,22,24)(H,23,25). The largest absolute Gasteiger partial charge is 0.354 e. The molecule has 0 aliphatic heterocycles. The number of nitrogens with one attached hydrogen (secondary N) is 2. The molecule has 0 bridgehead atoms. The molecule has 0 heterocycles. The van der Waals surface area contributed by atoms with Crippen LogP contribution in [0.4, 0.5) is 8.78 Å². The van der Waals surface area contributed by atoms with Crippen LogP contribution >= 0.6 is 15.9 Å². The Labute approximate surface area is 152 Å². The maximum Gasteiger partial charge on any atom is 0.251 e. The Kier molecular flexibility index (Phi) is 6.64. The van der Waals surface area contributed by atoms with Crippen LogP contribution in [0.5, 0.6) is 0 Å². The highest BCUT2D eigenvalue weighted by molar-refractivity contribution is 9.10. The molecule has 0 aromatic heterocycles. The zero-order chi connectivity index (χ0) is 18.4. The van der Waals surface area contributed by atoms with Crippen molar-refractivity contribution >= 4 is 27.7 Å². The van der Waals surface area contributed by atoms with Gasteiger partial charge in [-0.05, 0) is 58.2 Å². The van der Waals surface area contributed by atoms with E-state index in [1.54, 1.807) is 19.1 Å². The molecule has 2 rings (SSSR count). The van der Waals surface area contributed by atoms with Crippen LogP contribution in [0.2, 0.25) is 0 Å². The molecule has 0 spiro atoms. The molecule has 4 nitrogen and oxygen atoms in total. The van der Waals surface area contributed by atoms with Gasteiger partial charge in [-0.1, -0.05) is 12.1 Å². The molecule has 0 aliphatic rings. The van der Waals surface area contributed by atoms with E-state index in [9.17, 15) is 18.4 Å². The topological polar surface area (TPSA) is 58.2 Å². The van der Waals surface area contributed by atoms with E-state index in [0.29, 0.717) is 15.6 Å². The Balaban J connectivity index is 1.74. The molecule has 0 aliphatic carbocycles. The van der Waals surface area contributed by atoms with E-state index in [0.717, 1.165) is 0 Å². The van der Waals surface area contributed by atoms with Gasteiger partial charge in [0.15, 0.2) is 0 Å². The molecule has 25 heavy (non-hydrogen) atoms. The predicted octanol–water partition coefficient (Wildman–Crippen LogP) is 3.12. The third-order valence-corrected chi connectivity index (χ3v) is 4.12. The third-order valence-electron chi connectivity index (χ3n) is 3.52. The average Bonchev–Trinajstić information content (AvgIpc) is 2.57. The van der Waals surface area contributed by atoms with Crippen LogP contribution in [0.3, 0.4) is 0 Å². The van der Waals surface area contributed by atoms with Crippen LogP contribution in [0.1, 0.15) is 21.5 Å². The summed E-state index contributed by atoms with van der Waals surface area (Å²) >= 11 is 3.07. The first-order chi connectivity index (χ1) is 11.9. The molecular weight excluding hydrogens is 394 g/mol.